The van der Waals surface area contributed by atoms with Gasteiger partial charge in [-0.3, -0.25) is 14.8 Å². The molecule has 1 amide bonds. The molecule has 0 aliphatic heterocycles. The molecule has 0 radical (unpaired) electrons. The van der Waals surface area contributed by atoms with E-state index >= 15 is 0 Å². The molecule has 2 aromatic heterocycles. The van der Waals surface area contributed by atoms with E-state index in [2.05, 4.69) is 51.7 Å². The van der Waals surface area contributed by atoms with Crippen LogP contribution in [0.15, 0.2) is 42.9 Å². The molecule has 3 rings (SSSR count). The Morgan fingerprint density at radius 2 is 1.88 bits per heavy atom. The van der Waals surface area contributed by atoms with Gasteiger partial charge in [-0.1, -0.05) is 29.8 Å². The SMILES string of the molecule is Cc1ccc(Cn2cnc(NC(=O)CCn3ccc(C)n3)n2)cc1. The van der Waals surface area contributed by atoms with Crippen molar-refractivity contribution < 1.29 is 4.79 Å². The van der Waals surface area contributed by atoms with Gasteiger partial charge < -0.3 is 0 Å². The number of carbonyl (C=O) groups is 1. The van der Waals surface area contributed by atoms with Crippen molar-refractivity contribution in [3.8, 4) is 0 Å². The molecular weight excluding hydrogens is 304 g/mol. The predicted octanol–water partition coefficient (Wildman–Crippen LogP) is 2.17. The minimum Gasteiger partial charge on any atom is -0.293 e. The summed E-state index contributed by atoms with van der Waals surface area (Å²) in [4.78, 5) is 16.1. The fourth-order valence-corrected chi connectivity index (χ4v) is 2.30. The first-order valence-corrected chi connectivity index (χ1v) is 7.83. The van der Waals surface area contributed by atoms with E-state index in [-0.39, 0.29) is 5.91 Å². The molecule has 1 N–H and O–H groups in total. The molecule has 0 saturated heterocycles. The largest absolute Gasteiger partial charge is 0.293 e. The van der Waals surface area contributed by atoms with Crippen LogP contribution < -0.4 is 5.32 Å². The fraction of sp³-hybridized carbons (Fsp3) is 0.294. The number of nitrogens with zero attached hydrogens (tertiary/aromatic N) is 5. The third kappa shape index (κ3) is 4.28. The first-order valence-electron chi connectivity index (χ1n) is 7.83. The second kappa shape index (κ2) is 7.08. The summed E-state index contributed by atoms with van der Waals surface area (Å²) in [5.74, 6) is 0.194. The van der Waals surface area contributed by atoms with Gasteiger partial charge in [-0.2, -0.15) is 5.10 Å². The van der Waals surface area contributed by atoms with Crippen LogP contribution >= 0.6 is 0 Å². The first kappa shape index (κ1) is 15.9. The number of carbonyl (C=O) groups excluding carboxylic acids is 1. The zero-order valence-corrected chi connectivity index (χ0v) is 13.8. The topological polar surface area (TPSA) is 77.6 Å². The zero-order chi connectivity index (χ0) is 16.9. The summed E-state index contributed by atoms with van der Waals surface area (Å²) >= 11 is 0. The van der Waals surface area contributed by atoms with Gasteiger partial charge in [0.15, 0.2) is 0 Å². The molecule has 0 atom stereocenters. The Labute approximate surface area is 140 Å². The highest BCUT2D eigenvalue weighted by Gasteiger charge is 2.07. The lowest BCUT2D eigenvalue weighted by Gasteiger charge is -2.03. The lowest BCUT2D eigenvalue weighted by Crippen LogP contribution is -2.16. The lowest BCUT2D eigenvalue weighted by molar-refractivity contribution is -0.116. The molecule has 1 aromatic carbocycles. The van der Waals surface area contributed by atoms with Crippen LogP contribution in [0, 0.1) is 13.8 Å². The molecule has 0 fully saturated rings. The summed E-state index contributed by atoms with van der Waals surface area (Å²) in [6.45, 7) is 5.12. The van der Waals surface area contributed by atoms with Gasteiger partial charge in [0, 0.05) is 19.2 Å². The second-order valence-corrected chi connectivity index (χ2v) is 5.77. The summed E-state index contributed by atoms with van der Waals surface area (Å²) in [6.07, 6.45) is 3.80. The van der Waals surface area contributed by atoms with Crippen molar-refractivity contribution in [2.75, 3.05) is 5.32 Å². The number of anilines is 1. The van der Waals surface area contributed by atoms with E-state index in [1.54, 1.807) is 15.7 Å². The molecule has 24 heavy (non-hydrogen) atoms. The van der Waals surface area contributed by atoms with Crippen molar-refractivity contribution in [2.24, 2.45) is 0 Å². The molecule has 0 aliphatic rings. The second-order valence-electron chi connectivity index (χ2n) is 5.77. The van der Waals surface area contributed by atoms with E-state index < -0.39 is 0 Å². The highest BCUT2D eigenvalue weighted by atomic mass is 16.1. The third-order valence-electron chi connectivity index (χ3n) is 3.59. The Kier molecular flexibility index (Phi) is 4.69. The van der Waals surface area contributed by atoms with Crippen LogP contribution in [0.4, 0.5) is 5.95 Å². The van der Waals surface area contributed by atoms with Crippen LogP contribution in [0.3, 0.4) is 0 Å². The molecule has 3 aromatic rings. The minimum absolute atomic E-state index is 0.128. The number of aromatic nitrogens is 5. The smallest absolute Gasteiger partial charge is 0.248 e. The maximum absolute atomic E-state index is 12.0. The van der Waals surface area contributed by atoms with Gasteiger partial charge in [0.25, 0.3) is 0 Å². The Morgan fingerprint density at radius 1 is 1.08 bits per heavy atom. The van der Waals surface area contributed by atoms with Gasteiger partial charge in [-0.05, 0) is 25.5 Å². The summed E-state index contributed by atoms with van der Waals surface area (Å²) < 4.78 is 3.45. The molecule has 2 heterocycles. The van der Waals surface area contributed by atoms with Crippen LogP contribution in [0.25, 0.3) is 0 Å². The predicted molar refractivity (Wildman–Crippen MR) is 90.5 cm³/mol. The molecule has 0 aliphatic carbocycles. The summed E-state index contributed by atoms with van der Waals surface area (Å²) in [6, 6.07) is 10.1. The van der Waals surface area contributed by atoms with Gasteiger partial charge in [0.1, 0.15) is 6.33 Å². The van der Waals surface area contributed by atoms with E-state index in [4.69, 9.17) is 0 Å². The van der Waals surface area contributed by atoms with Crippen molar-refractivity contribution in [1.29, 1.82) is 0 Å². The Balaban J connectivity index is 1.51. The van der Waals surface area contributed by atoms with Gasteiger partial charge in [-0.15, -0.1) is 5.10 Å². The molecule has 124 valence electrons. The van der Waals surface area contributed by atoms with E-state index in [1.165, 1.54) is 5.56 Å². The standard InChI is InChI=1S/C17H20N6O/c1-13-3-5-15(6-4-13)11-23-12-18-17(21-23)19-16(24)8-10-22-9-7-14(2)20-22/h3-7,9,12H,8,10-11H2,1-2H3,(H,19,21,24). The maximum atomic E-state index is 12.0. The maximum Gasteiger partial charge on any atom is 0.248 e. The van der Waals surface area contributed by atoms with Crippen LogP contribution in [-0.4, -0.2) is 30.5 Å². The van der Waals surface area contributed by atoms with E-state index in [0.717, 1.165) is 11.3 Å². The highest BCUT2D eigenvalue weighted by Crippen LogP contribution is 2.06. The Morgan fingerprint density at radius 3 is 2.58 bits per heavy atom. The Hall–Kier alpha value is -2.96. The molecule has 0 unspecified atom stereocenters. The van der Waals surface area contributed by atoms with Gasteiger partial charge in [-0.25, -0.2) is 9.67 Å². The van der Waals surface area contributed by atoms with Crippen LogP contribution in [0.5, 0.6) is 0 Å². The normalized spacial score (nSPS) is 10.8. The van der Waals surface area contributed by atoms with Crippen molar-refractivity contribution in [2.45, 2.75) is 33.4 Å². The Bertz CT molecular complexity index is 818. The average molecular weight is 324 g/mol. The quantitative estimate of drug-likeness (QED) is 0.754. The number of nitrogens with one attached hydrogen (secondary N) is 1. The average Bonchev–Trinajstić information content (AvgIpc) is 3.17. The van der Waals surface area contributed by atoms with Crippen molar-refractivity contribution in [1.82, 2.24) is 24.5 Å². The number of hydrogen-bond donors (Lipinski definition) is 1. The van der Waals surface area contributed by atoms with Crippen LogP contribution in [0.1, 0.15) is 23.2 Å². The van der Waals surface area contributed by atoms with Crippen molar-refractivity contribution in [3.05, 3.63) is 59.7 Å². The number of benzene rings is 1. The molecule has 0 saturated carbocycles. The highest BCUT2D eigenvalue weighted by molar-refractivity contribution is 5.88. The molecule has 7 nitrogen and oxygen atoms in total. The summed E-state index contributed by atoms with van der Waals surface area (Å²) in [7, 11) is 0. The van der Waals surface area contributed by atoms with Crippen LogP contribution in [0.2, 0.25) is 0 Å². The molecule has 7 heteroatoms. The number of hydrogen-bond acceptors (Lipinski definition) is 4. The number of amides is 1. The number of aryl methyl sites for hydroxylation is 3. The molecule has 0 bridgehead atoms. The monoisotopic (exact) mass is 324 g/mol. The lowest BCUT2D eigenvalue weighted by atomic mass is 10.1. The zero-order valence-electron chi connectivity index (χ0n) is 13.8. The third-order valence-corrected chi connectivity index (χ3v) is 3.59. The van der Waals surface area contributed by atoms with E-state index in [9.17, 15) is 4.79 Å². The summed E-state index contributed by atoms with van der Waals surface area (Å²) in [5, 5.41) is 11.2. The van der Waals surface area contributed by atoms with Crippen LogP contribution in [-0.2, 0) is 17.9 Å². The number of rotatable bonds is 6. The van der Waals surface area contributed by atoms with Crippen molar-refractivity contribution in [3.63, 3.8) is 0 Å². The van der Waals surface area contributed by atoms with Crippen molar-refractivity contribution >= 4 is 11.9 Å². The van der Waals surface area contributed by atoms with Gasteiger partial charge >= 0.3 is 0 Å². The molecular formula is C17H20N6O. The van der Waals surface area contributed by atoms with E-state index in [0.29, 0.717) is 25.5 Å². The first-order chi connectivity index (χ1) is 11.6. The van der Waals surface area contributed by atoms with Gasteiger partial charge in [0.2, 0.25) is 11.9 Å². The van der Waals surface area contributed by atoms with E-state index in [1.807, 2.05) is 19.2 Å². The summed E-state index contributed by atoms with van der Waals surface area (Å²) in [5.41, 5.74) is 3.29. The van der Waals surface area contributed by atoms with Gasteiger partial charge in [0.05, 0.1) is 12.2 Å². The fourth-order valence-electron chi connectivity index (χ4n) is 2.30. The molecule has 0 spiro atoms. The minimum atomic E-state index is -0.128.